The fourth-order valence-electron chi connectivity index (χ4n) is 3.70. The SMILES string of the molecule is CCC1(C)CC(NCc2ccccc2)C(C)C(C)(CC)N1. The molecule has 2 nitrogen and oxygen atoms in total. The van der Waals surface area contributed by atoms with Crippen LogP contribution < -0.4 is 10.6 Å². The summed E-state index contributed by atoms with van der Waals surface area (Å²) in [5, 5.41) is 7.77. The van der Waals surface area contributed by atoms with Crippen molar-refractivity contribution in [2.24, 2.45) is 5.92 Å². The molecule has 4 unspecified atom stereocenters. The van der Waals surface area contributed by atoms with Gasteiger partial charge in [0.2, 0.25) is 0 Å². The van der Waals surface area contributed by atoms with E-state index in [1.165, 1.54) is 24.8 Å². The van der Waals surface area contributed by atoms with Gasteiger partial charge in [0.25, 0.3) is 0 Å². The Bertz CT molecular complexity index is 444. The second-order valence-corrected chi connectivity index (χ2v) is 7.28. The zero-order valence-corrected chi connectivity index (χ0v) is 14.4. The molecule has 1 heterocycles. The van der Waals surface area contributed by atoms with Gasteiger partial charge in [-0.15, -0.1) is 0 Å². The fraction of sp³-hybridized carbons (Fsp3) is 0.684. The first-order chi connectivity index (χ1) is 9.92. The number of nitrogens with one attached hydrogen (secondary N) is 2. The van der Waals surface area contributed by atoms with E-state index in [1.807, 2.05) is 0 Å². The Hall–Kier alpha value is -0.860. The van der Waals surface area contributed by atoms with Crippen molar-refractivity contribution >= 4 is 0 Å². The summed E-state index contributed by atoms with van der Waals surface area (Å²) in [6, 6.07) is 11.3. The lowest BCUT2D eigenvalue weighted by molar-refractivity contribution is 0.0579. The Balaban J connectivity index is 2.09. The summed E-state index contributed by atoms with van der Waals surface area (Å²) < 4.78 is 0. The van der Waals surface area contributed by atoms with Gasteiger partial charge in [0.15, 0.2) is 0 Å². The molecule has 0 aliphatic carbocycles. The van der Waals surface area contributed by atoms with Crippen molar-refractivity contribution in [3.63, 3.8) is 0 Å². The summed E-state index contributed by atoms with van der Waals surface area (Å²) in [6.45, 7) is 12.7. The Morgan fingerprint density at radius 2 is 1.81 bits per heavy atom. The van der Waals surface area contributed by atoms with Gasteiger partial charge in [0, 0.05) is 23.7 Å². The van der Waals surface area contributed by atoms with Crippen molar-refractivity contribution in [3.05, 3.63) is 35.9 Å². The lowest BCUT2D eigenvalue weighted by atomic mass is 9.69. The van der Waals surface area contributed by atoms with Gasteiger partial charge in [-0.1, -0.05) is 51.1 Å². The maximum Gasteiger partial charge on any atom is 0.0208 e. The van der Waals surface area contributed by atoms with Crippen LogP contribution in [0.4, 0.5) is 0 Å². The largest absolute Gasteiger partial charge is 0.310 e. The molecule has 0 spiro atoms. The van der Waals surface area contributed by atoms with E-state index in [0.29, 0.717) is 12.0 Å². The number of piperidine rings is 1. The van der Waals surface area contributed by atoms with Crippen molar-refractivity contribution in [2.75, 3.05) is 0 Å². The Morgan fingerprint density at radius 1 is 1.14 bits per heavy atom. The van der Waals surface area contributed by atoms with Crippen LogP contribution in [0.25, 0.3) is 0 Å². The van der Waals surface area contributed by atoms with Crippen LogP contribution in [0, 0.1) is 5.92 Å². The van der Waals surface area contributed by atoms with E-state index in [2.05, 4.69) is 75.6 Å². The summed E-state index contributed by atoms with van der Waals surface area (Å²) in [6.07, 6.45) is 3.55. The van der Waals surface area contributed by atoms with Crippen molar-refractivity contribution < 1.29 is 0 Å². The minimum Gasteiger partial charge on any atom is -0.310 e. The predicted octanol–water partition coefficient (Wildman–Crippen LogP) is 4.11. The van der Waals surface area contributed by atoms with Gasteiger partial charge in [-0.2, -0.15) is 0 Å². The first-order valence-electron chi connectivity index (χ1n) is 8.49. The topological polar surface area (TPSA) is 24.1 Å². The molecule has 0 bridgehead atoms. The lowest BCUT2D eigenvalue weighted by Gasteiger charge is -2.53. The van der Waals surface area contributed by atoms with Gasteiger partial charge < -0.3 is 10.6 Å². The highest BCUT2D eigenvalue weighted by atomic mass is 15.1. The monoisotopic (exact) mass is 288 g/mol. The highest BCUT2D eigenvalue weighted by Crippen LogP contribution is 2.37. The number of rotatable bonds is 5. The maximum atomic E-state index is 3.94. The maximum absolute atomic E-state index is 3.94. The van der Waals surface area contributed by atoms with Gasteiger partial charge >= 0.3 is 0 Å². The van der Waals surface area contributed by atoms with Crippen LogP contribution in [-0.4, -0.2) is 17.1 Å². The average Bonchev–Trinajstić information content (AvgIpc) is 2.50. The van der Waals surface area contributed by atoms with Crippen molar-refractivity contribution in [1.29, 1.82) is 0 Å². The quantitative estimate of drug-likeness (QED) is 0.852. The molecule has 0 aromatic heterocycles. The molecule has 4 atom stereocenters. The van der Waals surface area contributed by atoms with E-state index in [-0.39, 0.29) is 11.1 Å². The number of hydrogen-bond acceptors (Lipinski definition) is 2. The second kappa shape index (κ2) is 6.50. The van der Waals surface area contributed by atoms with Crippen LogP contribution >= 0.6 is 0 Å². The van der Waals surface area contributed by atoms with Crippen LogP contribution in [0.15, 0.2) is 30.3 Å². The van der Waals surface area contributed by atoms with Crippen LogP contribution in [0.1, 0.15) is 59.4 Å². The third kappa shape index (κ3) is 3.67. The van der Waals surface area contributed by atoms with E-state index in [1.54, 1.807) is 0 Å². The normalized spacial score (nSPS) is 36.6. The fourth-order valence-corrected chi connectivity index (χ4v) is 3.70. The number of hydrogen-bond donors (Lipinski definition) is 2. The van der Waals surface area contributed by atoms with Crippen LogP contribution in [-0.2, 0) is 6.54 Å². The minimum atomic E-state index is 0.220. The van der Waals surface area contributed by atoms with E-state index in [4.69, 9.17) is 0 Å². The molecule has 21 heavy (non-hydrogen) atoms. The molecule has 0 saturated carbocycles. The lowest BCUT2D eigenvalue weighted by Crippen LogP contribution is -2.68. The van der Waals surface area contributed by atoms with Crippen LogP contribution in [0.3, 0.4) is 0 Å². The molecule has 0 radical (unpaired) electrons. The van der Waals surface area contributed by atoms with Crippen LogP contribution in [0.2, 0.25) is 0 Å². The van der Waals surface area contributed by atoms with Gasteiger partial charge in [0.05, 0.1) is 0 Å². The van der Waals surface area contributed by atoms with Crippen molar-refractivity contribution in [3.8, 4) is 0 Å². The summed E-state index contributed by atoms with van der Waals surface area (Å²) in [5.41, 5.74) is 1.84. The molecule has 1 aromatic rings. The molecule has 118 valence electrons. The van der Waals surface area contributed by atoms with Crippen molar-refractivity contribution in [2.45, 2.75) is 77.5 Å². The molecule has 2 N–H and O–H groups in total. The Labute approximate surface area is 130 Å². The second-order valence-electron chi connectivity index (χ2n) is 7.28. The molecular weight excluding hydrogens is 256 g/mol. The van der Waals surface area contributed by atoms with Gasteiger partial charge in [0.1, 0.15) is 0 Å². The van der Waals surface area contributed by atoms with E-state index < -0.39 is 0 Å². The van der Waals surface area contributed by atoms with E-state index in [9.17, 15) is 0 Å². The molecule has 0 amide bonds. The first kappa shape index (κ1) is 16.5. The minimum absolute atomic E-state index is 0.220. The molecule has 1 fully saturated rings. The molecule has 1 aliphatic heterocycles. The summed E-state index contributed by atoms with van der Waals surface area (Å²) in [4.78, 5) is 0. The highest BCUT2D eigenvalue weighted by Gasteiger charge is 2.45. The molecular formula is C19H32N2. The van der Waals surface area contributed by atoms with E-state index in [0.717, 1.165) is 6.54 Å². The summed E-state index contributed by atoms with van der Waals surface area (Å²) in [7, 11) is 0. The summed E-state index contributed by atoms with van der Waals surface area (Å²) in [5.74, 6) is 0.630. The predicted molar refractivity (Wildman–Crippen MR) is 91.4 cm³/mol. The van der Waals surface area contributed by atoms with Gasteiger partial charge in [-0.25, -0.2) is 0 Å². The average molecular weight is 288 g/mol. The molecule has 2 rings (SSSR count). The summed E-state index contributed by atoms with van der Waals surface area (Å²) >= 11 is 0. The molecule has 1 saturated heterocycles. The third-order valence-electron chi connectivity index (χ3n) is 5.79. The smallest absolute Gasteiger partial charge is 0.0208 e. The Morgan fingerprint density at radius 3 is 2.38 bits per heavy atom. The van der Waals surface area contributed by atoms with Crippen molar-refractivity contribution in [1.82, 2.24) is 10.6 Å². The third-order valence-corrected chi connectivity index (χ3v) is 5.79. The standard InChI is InChI=1S/C19H32N2/c1-6-18(4)13-17(15(3)19(5,7-2)21-18)20-14-16-11-9-8-10-12-16/h8-12,15,17,20-21H,6-7,13-14H2,1-5H3. The van der Waals surface area contributed by atoms with E-state index >= 15 is 0 Å². The zero-order chi connectivity index (χ0) is 15.5. The highest BCUT2D eigenvalue weighted by molar-refractivity contribution is 5.15. The molecule has 1 aliphatic rings. The Kier molecular flexibility index (Phi) is 5.11. The number of benzene rings is 1. The van der Waals surface area contributed by atoms with Gasteiger partial charge in [-0.3, -0.25) is 0 Å². The van der Waals surface area contributed by atoms with Gasteiger partial charge in [-0.05, 0) is 44.6 Å². The first-order valence-corrected chi connectivity index (χ1v) is 8.49. The van der Waals surface area contributed by atoms with Crippen LogP contribution in [0.5, 0.6) is 0 Å². The zero-order valence-electron chi connectivity index (χ0n) is 14.4. The molecule has 1 aromatic carbocycles. The molecule has 2 heteroatoms.